The van der Waals surface area contributed by atoms with Crippen molar-refractivity contribution in [1.82, 2.24) is 4.90 Å². The summed E-state index contributed by atoms with van der Waals surface area (Å²) in [4.78, 5) is 6.14. The van der Waals surface area contributed by atoms with E-state index in [1.54, 1.807) is 12.4 Å². The van der Waals surface area contributed by atoms with E-state index in [4.69, 9.17) is 0 Å². The van der Waals surface area contributed by atoms with Gasteiger partial charge in [0.15, 0.2) is 0 Å². The minimum atomic E-state index is -0.269. The summed E-state index contributed by atoms with van der Waals surface area (Å²) in [7, 11) is 1.92. The standard InChI is InChI=1S/C19H23FN2/c1-5-22(4)13-21-19-10-15(3)17(12-18(19)20)11-16-9-7-6-8-14(16)2/h6-10,12-13H,5,11H2,1-4H3/b21-13+. The Morgan fingerprint density at radius 3 is 2.50 bits per heavy atom. The molecule has 0 heterocycles. The van der Waals surface area contributed by atoms with Crippen LogP contribution in [0.2, 0.25) is 0 Å². The van der Waals surface area contributed by atoms with Gasteiger partial charge in [0.1, 0.15) is 11.5 Å². The Balaban J connectivity index is 2.27. The lowest BCUT2D eigenvalue weighted by atomic mass is 9.97. The molecule has 2 aromatic rings. The molecule has 0 saturated heterocycles. The number of halogens is 1. The average Bonchev–Trinajstić information content (AvgIpc) is 2.51. The molecule has 116 valence electrons. The zero-order valence-electron chi connectivity index (χ0n) is 13.7. The van der Waals surface area contributed by atoms with Crippen molar-refractivity contribution in [3.8, 4) is 0 Å². The summed E-state index contributed by atoms with van der Waals surface area (Å²) in [6.45, 7) is 6.96. The number of aryl methyl sites for hydroxylation is 2. The topological polar surface area (TPSA) is 15.6 Å². The fraction of sp³-hybridized carbons (Fsp3) is 0.316. The van der Waals surface area contributed by atoms with Crippen molar-refractivity contribution in [3.05, 3.63) is 64.5 Å². The number of hydrogen-bond donors (Lipinski definition) is 0. The van der Waals surface area contributed by atoms with Crippen LogP contribution in [0.5, 0.6) is 0 Å². The molecule has 2 nitrogen and oxygen atoms in total. The summed E-state index contributed by atoms with van der Waals surface area (Å²) in [5, 5.41) is 0. The zero-order chi connectivity index (χ0) is 16.1. The first kappa shape index (κ1) is 16.2. The SMILES string of the molecule is CCN(C)/C=N/c1cc(C)c(Cc2ccccc2C)cc1F. The molecule has 22 heavy (non-hydrogen) atoms. The largest absolute Gasteiger partial charge is 0.366 e. The molecule has 0 unspecified atom stereocenters. The lowest BCUT2D eigenvalue weighted by Gasteiger charge is -2.11. The van der Waals surface area contributed by atoms with Crippen molar-refractivity contribution in [1.29, 1.82) is 0 Å². The van der Waals surface area contributed by atoms with Crippen LogP contribution in [-0.2, 0) is 6.42 Å². The molecule has 0 aliphatic rings. The van der Waals surface area contributed by atoms with E-state index in [9.17, 15) is 4.39 Å². The number of rotatable bonds is 5. The molecule has 0 radical (unpaired) electrons. The Hall–Kier alpha value is -2.16. The highest BCUT2D eigenvalue weighted by Gasteiger charge is 2.08. The van der Waals surface area contributed by atoms with E-state index < -0.39 is 0 Å². The molecule has 0 amide bonds. The Labute approximate surface area is 132 Å². The van der Waals surface area contributed by atoms with Crippen molar-refractivity contribution in [3.63, 3.8) is 0 Å². The van der Waals surface area contributed by atoms with Gasteiger partial charge >= 0.3 is 0 Å². The summed E-state index contributed by atoms with van der Waals surface area (Å²) < 4.78 is 14.3. The molecule has 0 fully saturated rings. The fourth-order valence-electron chi connectivity index (χ4n) is 2.25. The van der Waals surface area contributed by atoms with Gasteiger partial charge in [0, 0.05) is 13.6 Å². The van der Waals surface area contributed by atoms with E-state index in [1.807, 2.05) is 44.0 Å². The summed E-state index contributed by atoms with van der Waals surface area (Å²) in [6.07, 6.45) is 2.41. The van der Waals surface area contributed by atoms with Crippen LogP contribution in [0.3, 0.4) is 0 Å². The predicted octanol–water partition coefficient (Wildman–Crippen LogP) is 4.64. The molecule has 0 aromatic heterocycles. The maximum absolute atomic E-state index is 14.3. The van der Waals surface area contributed by atoms with Gasteiger partial charge in [-0.3, -0.25) is 0 Å². The molecule has 0 N–H and O–H groups in total. The third-order valence-electron chi connectivity index (χ3n) is 3.94. The van der Waals surface area contributed by atoms with E-state index in [0.717, 1.165) is 24.1 Å². The molecule has 0 bridgehead atoms. The molecule has 0 spiro atoms. The highest BCUT2D eigenvalue weighted by Crippen LogP contribution is 2.25. The van der Waals surface area contributed by atoms with E-state index in [-0.39, 0.29) is 5.82 Å². The molecule has 3 heteroatoms. The van der Waals surface area contributed by atoms with Gasteiger partial charge in [-0.15, -0.1) is 0 Å². The first-order valence-corrected chi connectivity index (χ1v) is 7.59. The van der Waals surface area contributed by atoms with E-state index in [2.05, 4.69) is 24.0 Å². The van der Waals surface area contributed by atoms with Crippen molar-refractivity contribution >= 4 is 12.0 Å². The van der Waals surface area contributed by atoms with Crippen molar-refractivity contribution in [2.24, 2.45) is 4.99 Å². The van der Waals surface area contributed by atoms with Crippen molar-refractivity contribution < 1.29 is 4.39 Å². The Morgan fingerprint density at radius 1 is 1.09 bits per heavy atom. The fourth-order valence-corrected chi connectivity index (χ4v) is 2.25. The Bertz CT molecular complexity index is 677. The van der Waals surface area contributed by atoms with E-state index in [1.165, 1.54) is 11.1 Å². The van der Waals surface area contributed by atoms with Crippen molar-refractivity contribution in [2.45, 2.75) is 27.2 Å². The van der Waals surface area contributed by atoms with E-state index >= 15 is 0 Å². The van der Waals surface area contributed by atoms with Gasteiger partial charge < -0.3 is 4.90 Å². The van der Waals surface area contributed by atoms with Gasteiger partial charge in [-0.2, -0.15) is 0 Å². The normalized spacial score (nSPS) is 11.1. The van der Waals surface area contributed by atoms with Crippen LogP contribution in [0, 0.1) is 19.7 Å². The predicted molar refractivity (Wildman–Crippen MR) is 91.6 cm³/mol. The van der Waals surface area contributed by atoms with Crippen LogP contribution < -0.4 is 0 Å². The first-order valence-electron chi connectivity index (χ1n) is 7.59. The van der Waals surface area contributed by atoms with Gasteiger partial charge in [-0.05, 0) is 61.6 Å². The minimum absolute atomic E-state index is 0.269. The van der Waals surface area contributed by atoms with Crippen LogP contribution in [0.1, 0.15) is 29.2 Å². The van der Waals surface area contributed by atoms with Crippen LogP contribution in [0.25, 0.3) is 0 Å². The van der Waals surface area contributed by atoms with Crippen LogP contribution in [0.4, 0.5) is 10.1 Å². The zero-order valence-corrected chi connectivity index (χ0v) is 13.7. The monoisotopic (exact) mass is 298 g/mol. The Kier molecular flexibility index (Phi) is 5.31. The second-order valence-electron chi connectivity index (χ2n) is 5.65. The summed E-state index contributed by atoms with van der Waals surface area (Å²) >= 11 is 0. The first-order chi connectivity index (χ1) is 10.5. The van der Waals surface area contributed by atoms with Gasteiger partial charge in [-0.25, -0.2) is 9.38 Å². The van der Waals surface area contributed by atoms with Gasteiger partial charge in [-0.1, -0.05) is 24.3 Å². The quantitative estimate of drug-likeness (QED) is 0.580. The minimum Gasteiger partial charge on any atom is -0.366 e. The second-order valence-corrected chi connectivity index (χ2v) is 5.65. The lowest BCUT2D eigenvalue weighted by Crippen LogP contribution is -2.14. The number of hydrogen-bond acceptors (Lipinski definition) is 1. The molecular formula is C19H23FN2. The Morgan fingerprint density at radius 2 is 1.82 bits per heavy atom. The highest BCUT2D eigenvalue weighted by molar-refractivity contribution is 5.62. The lowest BCUT2D eigenvalue weighted by molar-refractivity contribution is 0.551. The second kappa shape index (κ2) is 7.21. The van der Waals surface area contributed by atoms with Crippen LogP contribution in [-0.4, -0.2) is 24.8 Å². The third-order valence-corrected chi connectivity index (χ3v) is 3.94. The van der Waals surface area contributed by atoms with Gasteiger partial charge in [0.25, 0.3) is 0 Å². The molecule has 0 aliphatic heterocycles. The molecule has 2 aromatic carbocycles. The maximum Gasteiger partial charge on any atom is 0.149 e. The van der Waals surface area contributed by atoms with Gasteiger partial charge in [0.05, 0.1) is 6.34 Å². The summed E-state index contributed by atoms with van der Waals surface area (Å²) in [6, 6.07) is 11.7. The molecule has 0 atom stereocenters. The van der Waals surface area contributed by atoms with Crippen LogP contribution >= 0.6 is 0 Å². The molecule has 2 rings (SSSR count). The third kappa shape index (κ3) is 3.94. The number of aliphatic imine (C=N–C) groups is 1. The summed E-state index contributed by atoms with van der Waals surface area (Å²) in [5.41, 5.74) is 4.93. The number of nitrogens with zero attached hydrogens (tertiary/aromatic N) is 2. The molecule has 0 aliphatic carbocycles. The molecule has 0 saturated carbocycles. The summed E-state index contributed by atoms with van der Waals surface area (Å²) in [5.74, 6) is -0.269. The smallest absolute Gasteiger partial charge is 0.149 e. The van der Waals surface area contributed by atoms with E-state index in [0.29, 0.717) is 5.69 Å². The highest BCUT2D eigenvalue weighted by atomic mass is 19.1. The average molecular weight is 298 g/mol. The number of benzene rings is 2. The van der Waals surface area contributed by atoms with Crippen LogP contribution in [0.15, 0.2) is 41.4 Å². The molecular weight excluding hydrogens is 275 g/mol. The maximum atomic E-state index is 14.3. The van der Waals surface area contributed by atoms with Gasteiger partial charge in [0.2, 0.25) is 0 Å². The van der Waals surface area contributed by atoms with Crippen molar-refractivity contribution in [2.75, 3.05) is 13.6 Å².